The molecule has 0 radical (unpaired) electrons. The van der Waals surface area contributed by atoms with Crippen LogP contribution in [0.4, 0.5) is 11.5 Å². The zero-order valence-electron chi connectivity index (χ0n) is 24.4. The molecule has 3 aromatic rings. The maximum Gasteiger partial charge on any atom is 0.248 e. The lowest BCUT2D eigenvalue weighted by atomic mass is 9.94. The van der Waals surface area contributed by atoms with Crippen molar-refractivity contribution in [3.8, 4) is 11.5 Å². The summed E-state index contributed by atoms with van der Waals surface area (Å²) >= 11 is 0. The molecule has 2 aromatic carbocycles. The molecule has 4 rings (SSSR count). The van der Waals surface area contributed by atoms with Gasteiger partial charge in [0.1, 0.15) is 23.4 Å². The molecule has 1 saturated carbocycles. The Morgan fingerprint density at radius 1 is 0.929 bits per heavy atom. The SMILES string of the molecule is CCOc1ccc(N(C(=O)CCCC(=O)Nc2ccccn2)C(C(=O)NC2CCCCC2)c2ccc(OC)cc2)cc1. The van der Waals surface area contributed by atoms with Gasteiger partial charge in [0.2, 0.25) is 17.7 Å². The molecule has 1 unspecified atom stereocenters. The van der Waals surface area contributed by atoms with Gasteiger partial charge >= 0.3 is 0 Å². The highest BCUT2D eigenvalue weighted by atomic mass is 16.5. The number of amides is 3. The van der Waals surface area contributed by atoms with Gasteiger partial charge in [0.25, 0.3) is 0 Å². The average Bonchev–Trinajstić information content (AvgIpc) is 3.01. The van der Waals surface area contributed by atoms with Crippen LogP contribution in [0.1, 0.15) is 69.9 Å². The summed E-state index contributed by atoms with van der Waals surface area (Å²) in [6.07, 6.45) is 7.27. The molecular formula is C33H40N4O5. The number of nitrogens with zero attached hydrogens (tertiary/aromatic N) is 2. The highest BCUT2D eigenvalue weighted by Crippen LogP contribution is 2.32. The number of rotatable bonds is 13. The van der Waals surface area contributed by atoms with Crippen molar-refractivity contribution < 1.29 is 23.9 Å². The fourth-order valence-corrected chi connectivity index (χ4v) is 5.20. The molecule has 1 heterocycles. The third-order valence-corrected chi connectivity index (χ3v) is 7.31. The molecule has 3 amide bonds. The van der Waals surface area contributed by atoms with Crippen molar-refractivity contribution in [2.75, 3.05) is 23.9 Å². The molecule has 0 saturated heterocycles. The molecule has 2 N–H and O–H groups in total. The minimum absolute atomic E-state index is 0.0690. The number of carbonyl (C=O) groups is 3. The van der Waals surface area contributed by atoms with E-state index in [1.165, 1.54) is 6.42 Å². The monoisotopic (exact) mass is 572 g/mol. The van der Waals surface area contributed by atoms with E-state index >= 15 is 0 Å². The van der Waals surface area contributed by atoms with E-state index in [0.29, 0.717) is 41.6 Å². The third-order valence-electron chi connectivity index (χ3n) is 7.31. The average molecular weight is 573 g/mol. The fourth-order valence-electron chi connectivity index (χ4n) is 5.20. The van der Waals surface area contributed by atoms with Crippen LogP contribution in [-0.4, -0.2) is 42.5 Å². The number of aromatic nitrogens is 1. The van der Waals surface area contributed by atoms with Crippen LogP contribution in [0.3, 0.4) is 0 Å². The van der Waals surface area contributed by atoms with Crippen LogP contribution in [0.15, 0.2) is 72.9 Å². The normalized spacial score (nSPS) is 14.0. The lowest BCUT2D eigenvalue weighted by Gasteiger charge is -2.33. The van der Waals surface area contributed by atoms with Crippen LogP contribution in [0, 0.1) is 0 Å². The van der Waals surface area contributed by atoms with E-state index in [-0.39, 0.29) is 36.6 Å². The molecule has 9 heteroatoms. The van der Waals surface area contributed by atoms with Gasteiger partial charge in [-0.3, -0.25) is 19.3 Å². The first-order valence-corrected chi connectivity index (χ1v) is 14.7. The van der Waals surface area contributed by atoms with E-state index in [0.717, 1.165) is 25.7 Å². The maximum absolute atomic E-state index is 14.0. The highest BCUT2D eigenvalue weighted by molar-refractivity contribution is 6.01. The molecular weight excluding hydrogens is 532 g/mol. The first-order chi connectivity index (χ1) is 20.5. The Kier molecular flexibility index (Phi) is 11.3. The number of nitrogens with one attached hydrogen (secondary N) is 2. The molecule has 1 aromatic heterocycles. The predicted molar refractivity (Wildman–Crippen MR) is 163 cm³/mol. The Balaban J connectivity index is 1.60. The molecule has 1 aliphatic rings. The van der Waals surface area contributed by atoms with Crippen LogP contribution < -0.4 is 25.0 Å². The standard InChI is InChI=1S/C33H40N4O5/c1-3-42-28-21-17-26(18-22-28)37(31(39)14-9-13-30(38)36-29-12-7-8-23-34-29)32(24-15-19-27(41-2)20-16-24)33(40)35-25-10-5-4-6-11-25/h7-8,12,15-23,25,32H,3-6,9-11,13-14H2,1-2H3,(H,35,40)(H,34,36,38). The van der Waals surface area contributed by atoms with Gasteiger partial charge in [-0.15, -0.1) is 0 Å². The van der Waals surface area contributed by atoms with Crippen LogP contribution in [0.5, 0.6) is 11.5 Å². The second-order valence-electron chi connectivity index (χ2n) is 10.3. The molecule has 0 spiro atoms. The number of pyridine rings is 1. The van der Waals surface area contributed by atoms with Gasteiger partial charge in [-0.1, -0.05) is 37.5 Å². The number of anilines is 2. The second-order valence-corrected chi connectivity index (χ2v) is 10.3. The molecule has 1 atom stereocenters. The molecule has 42 heavy (non-hydrogen) atoms. The lowest BCUT2D eigenvalue weighted by Crippen LogP contribution is -2.47. The summed E-state index contributed by atoms with van der Waals surface area (Å²) in [5.41, 5.74) is 1.24. The largest absolute Gasteiger partial charge is 0.497 e. The van der Waals surface area contributed by atoms with Crippen LogP contribution in [0.25, 0.3) is 0 Å². The molecule has 1 aliphatic carbocycles. The topological polar surface area (TPSA) is 110 Å². The minimum atomic E-state index is -0.911. The predicted octanol–water partition coefficient (Wildman–Crippen LogP) is 5.82. The van der Waals surface area contributed by atoms with E-state index in [1.54, 1.807) is 72.8 Å². The van der Waals surface area contributed by atoms with Crippen molar-refractivity contribution in [3.63, 3.8) is 0 Å². The van der Waals surface area contributed by atoms with Crippen molar-refractivity contribution in [2.24, 2.45) is 0 Å². The van der Waals surface area contributed by atoms with Crippen LogP contribution in [-0.2, 0) is 14.4 Å². The fraction of sp³-hybridized carbons (Fsp3) is 0.394. The summed E-state index contributed by atoms with van der Waals surface area (Å²) in [7, 11) is 1.59. The van der Waals surface area contributed by atoms with Crippen molar-refractivity contribution in [1.29, 1.82) is 0 Å². The van der Waals surface area contributed by atoms with Crippen molar-refractivity contribution >= 4 is 29.2 Å². The molecule has 222 valence electrons. The summed E-state index contributed by atoms with van der Waals surface area (Å²) in [5.74, 6) is 1.07. The number of hydrogen-bond donors (Lipinski definition) is 2. The minimum Gasteiger partial charge on any atom is -0.497 e. The zero-order valence-corrected chi connectivity index (χ0v) is 24.4. The first-order valence-electron chi connectivity index (χ1n) is 14.7. The molecule has 0 aliphatic heterocycles. The molecule has 9 nitrogen and oxygen atoms in total. The van der Waals surface area contributed by atoms with E-state index in [9.17, 15) is 14.4 Å². The Hall–Kier alpha value is -4.40. The smallest absolute Gasteiger partial charge is 0.248 e. The number of benzene rings is 2. The van der Waals surface area contributed by atoms with Crippen LogP contribution >= 0.6 is 0 Å². The molecule has 1 fully saturated rings. The third kappa shape index (κ3) is 8.55. The van der Waals surface area contributed by atoms with Gasteiger partial charge in [0.05, 0.1) is 13.7 Å². The van der Waals surface area contributed by atoms with Gasteiger partial charge in [-0.05, 0) is 80.3 Å². The lowest BCUT2D eigenvalue weighted by molar-refractivity contribution is -0.127. The van der Waals surface area contributed by atoms with Gasteiger partial charge < -0.3 is 20.1 Å². The van der Waals surface area contributed by atoms with E-state index in [1.807, 2.05) is 19.1 Å². The summed E-state index contributed by atoms with van der Waals surface area (Å²) < 4.78 is 11.0. The van der Waals surface area contributed by atoms with E-state index in [4.69, 9.17) is 9.47 Å². The second kappa shape index (κ2) is 15.6. The first kappa shape index (κ1) is 30.6. The number of carbonyl (C=O) groups excluding carboxylic acids is 3. The van der Waals surface area contributed by atoms with Crippen LogP contribution in [0.2, 0.25) is 0 Å². The number of ether oxygens (including phenoxy) is 2. The summed E-state index contributed by atoms with van der Waals surface area (Å²) in [6.45, 7) is 2.42. The molecule has 0 bridgehead atoms. The Morgan fingerprint density at radius 2 is 1.64 bits per heavy atom. The number of hydrogen-bond acceptors (Lipinski definition) is 6. The van der Waals surface area contributed by atoms with Gasteiger partial charge in [0, 0.05) is 30.8 Å². The summed E-state index contributed by atoms with van der Waals surface area (Å²) in [6, 6.07) is 18.8. The summed E-state index contributed by atoms with van der Waals surface area (Å²) in [4.78, 5) is 46.2. The zero-order chi connectivity index (χ0) is 29.7. The Labute approximate surface area is 247 Å². The van der Waals surface area contributed by atoms with Crippen molar-refractivity contribution in [2.45, 2.75) is 70.4 Å². The van der Waals surface area contributed by atoms with Gasteiger partial charge in [-0.25, -0.2) is 4.98 Å². The van der Waals surface area contributed by atoms with E-state index < -0.39 is 6.04 Å². The van der Waals surface area contributed by atoms with Crippen molar-refractivity contribution in [3.05, 3.63) is 78.5 Å². The van der Waals surface area contributed by atoms with E-state index in [2.05, 4.69) is 15.6 Å². The maximum atomic E-state index is 14.0. The Bertz CT molecular complexity index is 1290. The Morgan fingerprint density at radius 3 is 2.29 bits per heavy atom. The number of methoxy groups -OCH3 is 1. The van der Waals surface area contributed by atoms with Gasteiger partial charge in [-0.2, -0.15) is 0 Å². The quantitative estimate of drug-likeness (QED) is 0.267. The van der Waals surface area contributed by atoms with Gasteiger partial charge in [0.15, 0.2) is 0 Å². The highest BCUT2D eigenvalue weighted by Gasteiger charge is 2.34. The van der Waals surface area contributed by atoms with Crippen molar-refractivity contribution in [1.82, 2.24) is 10.3 Å². The summed E-state index contributed by atoms with van der Waals surface area (Å²) in [5, 5.41) is 5.98.